The molecular formula is C12H18N4O. The summed E-state index contributed by atoms with van der Waals surface area (Å²) in [5, 5.41) is 17.6. The second kappa shape index (κ2) is 4.81. The summed E-state index contributed by atoms with van der Waals surface area (Å²) in [5.74, 6) is 0. The van der Waals surface area contributed by atoms with Crippen molar-refractivity contribution in [3.8, 4) is 0 Å². The van der Waals surface area contributed by atoms with Crippen molar-refractivity contribution in [3.05, 3.63) is 23.5 Å². The van der Waals surface area contributed by atoms with Crippen LogP contribution in [-0.2, 0) is 13.6 Å². The molecule has 0 amide bonds. The van der Waals surface area contributed by atoms with Crippen LogP contribution < -0.4 is 5.32 Å². The molecule has 2 N–H and O–H groups in total. The highest BCUT2D eigenvalue weighted by Gasteiger charge is 2.07. The Labute approximate surface area is 100 Å². The number of aromatic nitrogens is 3. The topological polar surface area (TPSA) is 63.0 Å². The molecule has 0 bridgehead atoms. The van der Waals surface area contributed by atoms with E-state index in [4.69, 9.17) is 5.11 Å². The quantitative estimate of drug-likeness (QED) is 0.819. The van der Waals surface area contributed by atoms with E-state index in [2.05, 4.69) is 21.5 Å². The van der Waals surface area contributed by atoms with Gasteiger partial charge < -0.3 is 10.4 Å². The molecule has 2 rings (SSSR count). The first-order chi connectivity index (χ1) is 8.11. The fourth-order valence-corrected chi connectivity index (χ4v) is 1.80. The largest absolute Gasteiger partial charge is 0.395 e. The number of aliphatic hydroxyl groups excluding tert-OH is 1. The lowest BCUT2D eigenvalue weighted by Gasteiger charge is -2.10. The van der Waals surface area contributed by atoms with Crippen LogP contribution in [0.15, 0.2) is 12.3 Å². The summed E-state index contributed by atoms with van der Waals surface area (Å²) in [4.78, 5) is 4.40. The van der Waals surface area contributed by atoms with Crippen molar-refractivity contribution >= 4 is 11.0 Å². The Bertz CT molecular complexity index is 520. The van der Waals surface area contributed by atoms with Crippen molar-refractivity contribution in [1.29, 1.82) is 0 Å². The zero-order valence-corrected chi connectivity index (χ0v) is 10.4. The third-order valence-electron chi connectivity index (χ3n) is 2.85. The zero-order valence-electron chi connectivity index (χ0n) is 10.4. The molecule has 5 heteroatoms. The van der Waals surface area contributed by atoms with Gasteiger partial charge in [-0.05, 0) is 25.5 Å². The minimum Gasteiger partial charge on any atom is -0.395 e. The summed E-state index contributed by atoms with van der Waals surface area (Å²) >= 11 is 0. The number of aryl methyl sites for hydroxylation is 2. The zero-order chi connectivity index (χ0) is 12.4. The highest BCUT2D eigenvalue weighted by molar-refractivity contribution is 5.78. The van der Waals surface area contributed by atoms with Crippen LogP contribution in [0.3, 0.4) is 0 Å². The van der Waals surface area contributed by atoms with Crippen LogP contribution in [0.1, 0.15) is 18.2 Å². The first-order valence-corrected chi connectivity index (χ1v) is 5.74. The Balaban J connectivity index is 2.22. The molecule has 2 aromatic rings. The molecule has 0 radical (unpaired) electrons. The second-order valence-corrected chi connectivity index (χ2v) is 4.39. The number of hydrogen-bond donors (Lipinski definition) is 2. The summed E-state index contributed by atoms with van der Waals surface area (Å²) in [7, 11) is 1.90. The Morgan fingerprint density at radius 3 is 3.00 bits per heavy atom. The molecule has 1 unspecified atom stereocenters. The number of aliphatic hydroxyl groups is 1. The summed E-state index contributed by atoms with van der Waals surface area (Å²) in [6.07, 6.45) is 1.85. The van der Waals surface area contributed by atoms with Crippen molar-refractivity contribution in [2.45, 2.75) is 26.4 Å². The monoisotopic (exact) mass is 234 g/mol. The molecule has 0 aliphatic heterocycles. The lowest BCUT2D eigenvalue weighted by molar-refractivity contribution is 0.251. The Morgan fingerprint density at radius 2 is 2.29 bits per heavy atom. The third kappa shape index (κ3) is 2.45. The van der Waals surface area contributed by atoms with E-state index in [0.717, 1.165) is 22.3 Å². The predicted molar refractivity (Wildman–Crippen MR) is 66.6 cm³/mol. The second-order valence-electron chi connectivity index (χ2n) is 4.39. The van der Waals surface area contributed by atoms with E-state index < -0.39 is 0 Å². The van der Waals surface area contributed by atoms with Crippen LogP contribution in [-0.4, -0.2) is 32.5 Å². The first kappa shape index (κ1) is 12.0. The van der Waals surface area contributed by atoms with Gasteiger partial charge in [0.05, 0.1) is 12.3 Å². The van der Waals surface area contributed by atoms with Crippen LogP contribution in [0, 0.1) is 6.92 Å². The molecule has 0 aromatic carbocycles. The van der Waals surface area contributed by atoms with Gasteiger partial charge >= 0.3 is 0 Å². The standard InChI is InChI=1S/C12H18N4O/c1-8(7-17)13-5-10-4-11-9(2)15-16(3)12(11)14-6-10/h4,6,8,13,17H,5,7H2,1-3H3. The minimum absolute atomic E-state index is 0.0979. The van der Waals surface area contributed by atoms with Crippen LogP contribution in [0.5, 0.6) is 0 Å². The third-order valence-corrected chi connectivity index (χ3v) is 2.85. The molecule has 0 spiro atoms. The first-order valence-electron chi connectivity index (χ1n) is 5.74. The van der Waals surface area contributed by atoms with Gasteiger partial charge in [-0.15, -0.1) is 0 Å². The lowest BCUT2D eigenvalue weighted by atomic mass is 10.2. The number of nitrogens with zero attached hydrogens (tertiary/aromatic N) is 3. The van der Waals surface area contributed by atoms with E-state index >= 15 is 0 Å². The van der Waals surface area contributed by atoms with E-state index in [-0.39, 0.29) is 12.6 Å². The normalized spacial score (nSPS) is 13.2. The molecule has 2 heterocycles. The van der Waals surface area contributed by atoms with Gasteiger partial charge in [0.1, 0.15) is 0 Å². The highest BCUT2D eigenvalue weighted by atomic mass is 16.3. The van der Waals surface area contributed by atoms with Gasteiger partial charge in [0.2, 0.25) is 0 Å². The van der Waals surface area contributed by atoms with E-state index in [0.29, 0.717) is 6.54 Å². The lowest BCUT2D eigenvalue weighted by Crippen LogP contribution is -2.28. The van der Waals surface area contributed by atoms with Gasteiger partial charge in [-0.3, -0.25) is 4.68 Å². The van der Waals surface area contributed by atoms with Gasteiger partial charge in [0.25, 0.3) is 0 Å². The van der Waals surface area contributed by atoms with Gasteiger partial charge in [-0.25, -0.2) is 4.98 Å². The Kier molecular flexibility index (Phi) is 3.40. The smallest absolute Gasteiger partial charge is 0.157 e. The molecule has 0 fully saturated rings. The number of fused-ring (bicyclic) bond motifs is 1. The average molecular weight is 234 g/mol. The number of pyridine rings is 1. The van der Waals surface area contributed by atoms with Crippen LogP contribution in [0.2, 0.25) is 0 Å². The van der Waals surface area contributed by atoms with Crippen molar-refractivity contribution in [2.75, 3.05) is 6.61 Å². The van der Waals surface area contributed by atoms with Crippen molar-refractivity contribution < 1.29 is 5.11 Å². The Morgan fingerprint density at radius 1 is 1.53 bits per heavy atom. The summed E-state index contributed by atoms with van der Waals surface area (Å²) < 4.78 is 1.79. The van der Waals surface area contributed by atoms with Crippen LogP contribution in [0.25, 0.3) is 11.0 Å². The molecule has 5 nitrogen and oxygen atoms in total. The van der Waals surface area contributed by atoms with Crippen molar-refractivity contribution in [2.24, 2.45) is 7.05 Å². The number of rotatable bonds is 4. The maximum atomic E-state index is 8.94. The highest BCUT2D eigenvalue weighted by Crippen LogP contribution is 2.16. The fraction of sp³-hybridized carbons (Fsp3) is 0.500. The SMILES string of the molecule is Cc1nn(C)c2ncc(CNC(C)CO)cc12. The van der Waals surface area contributed by atoms with Gasteiger partial charge in [-0.1, -0.05) is 0 Å². The summed E-state index contributed by atoms with van der Waals surface area (Å²) in [6, 6.07) is 2.20. The molecule has 0 saturated carbocycles. The fourth-order valence-electron chi connectivity index (χ4n) is 1.80. The van der Waals surface area contributed by atoms with Gasteiger partial charge in [0, 0.05) is 31.2 Å². The maximum absolute atomic E-state index is 8.94. The average Bonchev–Trinajstić information content (AvgIpc) is 2.62. The van der Waals surface area contributed by atoms with E-state index in [1.165, 1.54) is 0 Å². The molecule has 92 valence electrons. The minimum atomic E-state index is 0.0979. The molecule has 0 saturated heterocycles. The number of hydrogen-bond acceptors (Lipinski definition) is 4. The molecule has 0 aliphatic rings. The maximum Gasteiger partial charge on any atom is 0.157 e. The van der Waals surface area contributed by atoms with Crippen molar-refractivity contribution in [3.63, 3.8) is 0 Å². The van der Waals surface area contributed by atoms with E-state index in [9.17, 15) is 0 Å². The molecule has 0 aliphatic carbocycles. The van der Waals surface area contributed by atoms with Gasteiger partial charge in [-0.2, -0.15) is 5.10 Å². The van der Waals surface area contributed by atoms with Crippen LogP contribution >= 0.6 is 0 Å². The molecule has 2 aromatic heterocycles. The number of nitrogens with one attached hydrogen (secondary N) is 1. The van der Waals surface area contributed by atoms with Gasteiger partial charge in [0.15, 0.2) is 5.65 Å². The predicted octanol–water partition coefficient (Wildman–Crippen LogP) is 0.747. The van der Waals surface area contributed by atoms with Crippen LogP contribution in [0.4, 0.5) is 0 Å². The molecule has 17 heavy (non-hydrogen) atoms. The molecular weight excluding hydrogens is 216 g/mol. The van der Waals surface area contributed by atoms with Crippen molar-refractivity contribution in [1.82, 2.24) is 20.1 Å². The van der Waals surface area contributed by atoms with E-state index in [1.807, 2.05) is 27.1 Å². The summed E-state index contributed by atoms with van der Waals surface area (Å²) in [5.41, 5.74) is 3.00. The summed E-state index contributed by atoms with van der Waals surface area (Å²) in [6.45, 7) is 4.78. The molecule has 1 atom stereocenters. The van der Waals surface area contributed by atoms with E-state index in [1.54, 1.807) is 4.68 Å². The Hall–Kier alpha value is -1.46.